The Morgan fingerprint density at radius 1 is 1.24 bits per heavy atom. The Bertz CT molecular complexity index is 561. The summed E-state index contributed by atoms with van der Waals surface area (Å²) in [5.41, 5.74) is 0. The second kappa shape index (κ2) is 4.40. The molecule has 0 fully saturated rings. The van der Waals surface area contributed by atoms with E-state index in [0.29, 0.717) is 20.6 Å². The molecule has 0 aromatic carbocycles. The van der Waals surface area contributed by atoms with Crippen LogP contribution in [0, 0.1) is 0 Å². The predicted octanol–water partition coefficient (Wildman–Crippen LogP) is 4.11. The lowest BCUT2D eigenvalue weighted by Gasteiger charge is -1.98. The zero-order valence-electron chi connectivity index (χ0n) is 7.92. The average Bonchev–Trinajstić information content (AvgIpc) is 2.83. The second-order valence-corrected chi connectivity index (χ2v) is 5.71. The highest BCUT2D eigenvalue weighted by Gasteiger charge is 2.35. The maximum absolute atomic E-state index is 12.3. The molecule has 0 radical (unpaired) electrons. The monoisotopic (exact) mass is 297 g/mol. The van der Waals surface area contributed by atoms with Crippen LogP contribution in [0.3, 0.4) is 0 Å². The number of aromatic nitrogens is 1. The van der Waals surface area contributed by atoms with Crippen LogP contribution in [0.25, 0.3) is 0 Å². The van der Waals surface area contributed by atoms with E-state index in [1.807, 2.05) is 0 Å². The lowest BCUT2D eigenvalue weighted by molar-refractivity contribution is -0.137. The van der Waals surface area contributed by atoms with Gasteiger partial charge in [-0.25, -0.2) is 4.98 Å². The van der Waals surface area contributed by atoms with Crippen LogP contribution in [0.4, 0.5) is 13.2 Å². The molecule has 0 bridgehead atoms. The largest absolute Gasteiger partial charge is 0.443 e. The third-order valence-corrected chi connectivity index (χ3v) is 4.04. The van der Waals surface area contributed by atoms with Crippen molar-refractivity contribution in [1.82, 2.24) is 4.98 Å². The summed E-state index contributed by atoms with van der Waals surface area (Å²) in [6.45, 7) is 0. The van der Waals surface area contributed by atoms with Gasteiger partial charge in [-0.05, 0) is 12.1 Å². The molecular weight excluding hydrogens is 295 g/mol. The van der Waals surface area contributed by atoms with Crippen molar-refractivity contribution >= 4 is 40.1 Å². The molecule has 2 heterocycles. The van der Waals surface area contributed by atoms with E-state index in [1.54, 1.807) is 0 Å². The molecule has 0 amide bonds. The van der Waals surface area contributed by atoms with Gasteiger partial charge in [-0.15, -0.1) is 22.7 Å². The van der Waals surface area contributed by atoms with Crippen LogP contribution >= 0.6 is 34.3 Å². The third kappa shape index (κ3) is 2.67. The minimum Gasteiger partial charge on any atom is -0.287 e. The Labute approximate surface area is 107 Å². The molecule has 0 saturated heterocycles. The molecule has 0 N–H and O–H groups in total. The van der Waals surface area contributed by atoms with Crippen LogP contribution < -0.4 is 0 Å². The van der Waals surface area contributed by atoms with E-state index in [1.165, 1.54) is 12.1 Å². The number of thiazole rings is 1. The van der Waals surface area contributed by atoms with Gasteiger partial charge in [0.25, 0.3) is 0 Å². The SMILES string of the molecule is O=C(c1ccc(Cl)s1)c1cnc(C(F)(F)F)s1. The first-order valence-corrected chi connectivity index (χ1v) is 6.22. The van der Waals surface area contributed by atoms with Gasteiger partial charge in [0.2, 0.25) is 5.78 Å². The molecule has 2 rings (SSSR count). The Morgan fingerprint density at radius 2 is 1.94 bits per heavy atom. The van der Waals surface area contributed by atoms with Crippen molar-refractivity contribution in [3.05, 3.63) is 37.4 Å². The molecule has 0 atom stereocenters. The summed E-state index contributed by atoms with van der Waals surface area (Å²) in [5.74, 6) is -0.491. The average molecular weight is 298 g/mol. The molecule has 90 valence electrons. The van der Waals surface area contributed by atoms with Gasteiger partial charge in [0.1, 0.15) is 0 Å². The van der Waals surface area contributed by atoms with Crippen molar-refractivity contribution in [2.45, 2.75) is 6.18 Å². The standard InChI is InChI=1S/C9H3ClF3NOS2/c10-6-2-1-4(16-6)7(15)5-3-14-8(17-5)9(11,12)13/h1-3H. The number of hydrogen-bond acceptors (Lipinski definition) is 4. The predicted molar refractivity (Wildman–Crippen MR) is 59.9 cm³/mol. The highest BCUT2D eigenvalue weighted by Crippen LogP contribution is 2.34. The first-order valence-electron chi connectivity index (χ1n) is 4.21. The topological polar surface area (TPSA) is 30.0 Å². The maximum atomic E-state index is 12.3. The minimum atomic E-state index is -4.52. The first-order chi connectivity index (χ1) is 7.88. The third-order valence-electron chi connectivity index (χ3n) is 1.77. The lowest BCUT2D eigenvalue weighted by atomic mass is 10.3. The molecule has 2 nitrogen and oxygen atoms in total. The normalized spacial score (nSPS) is 11.8. The van der Waals surface area contributed by atoms with Gasteiger partial charge < -0.3 is 0 Å². The number of carbonyl (C=O) groups is 1. The number of rotatable bonds is 2. The lowest BCUT2D eigenvalue weighted by Crippen LogP contribution is -2.03. The highest BCUT2D eigenvalue weighted by atomic mass is 35.5. The number of halogens is 4. The number of ketones is 1. The second-order valence-electron chi connectivity index (χ2n) is 2.96. The first kappa shape index (κ1) is 12.5. The van der Waals surface area contributed by atoms with Gasteiger partial charge in [-0.2, -0.15) is 13.2 Å². The highest BCUT2D eigenvalue weighted by molar-refractivity contribution is 7.19. The fourth-order valence-corrected chi connectivity index (χ4v) is 2.87. The number of thiophene rings is 1. The quantitative estimate of drug-likeness (QED) is 0.781. The van der Waals surface area contributed by atoms with Crippen LogP contribution in [0.5, 0.6) is 0 Å². The molecule has 0 aliphatic carbocycles. The molecule has 2 aromatic heterocycles. The molecule has 0 unspecified atom stereocenters. The summed E-state index contributed by atoms with van der Waals surface area (Å²) in [6, 6.07) is 2.99. The summed E-state index contributed by atoms with van der Waals surface area (Å²) >= 11 is 6.99. The summed E-state index contributed by atoms with van der Waals surface area (Å²) in [6.07, 6.45) is -3.58. The van der Waals surface area contributed by atoms with E-state index in [9.17, 15) is 18.0 Å². The fourth-order valence-electron chi connectivity index (χ4n) is 1.07. The van der Waals surface area contributed by atoms with Gasteiger partial charge >= 0.3 is 6.18 Å². The summed E-state index contributed by atoms with van der Waals surface area (Å²) in [5, 5.41) is -1.02. The number of hydrogen-bond donors (Lipinski definition) is 0. The van der Waals surface area contributed by atoms with Gasteiger partial charge in [-0.3, -0.25) is 4.79 Å². The van der Waals surface area contributed by atoms with Crippen molar-refractivity contribution < 1.29 is 18.0 Å². The molecular formula is C9H3ClF3NOS2. The van der Waals surface area contributed by atoms with E-state index in [2.05, 4.69) is 4.98 Å². The zero-order valence-corrected chi connectivity index (χ0v) is 10.3. The van der Waals surface area contributed by atoms with Gasteiger partial charge in [-0.1, -0.05) is 11.6 Å². The van der Waals surface area contributed by atoms with Crippen molar-refractivity contribution in [2.75, 3.05) is 0 Å². The van der Waals surface area contributed by atoms with E-state index in [-0.39, 0.29) is 4.88 Å². The molecule has 2 aromatic rings. The van der Waals surface area contributed by atoms with Gasteiger partial charge in [0.05, 0.1) is 14.1 Å². The molecule has 0 aliphatic rings. The Kier molecular flexibility index (Phi) is 3.24. The van der Waals surface area contributed by atoms with Gasteiger partial charge in [0, 0.05) is 6.20 Å². The van der Waals surface area contributed by atoms with E-state index < -0.39 is 17.0 Å². The minimum absolute atomic E-state index is 0.0455. The van der Waals surface area contributed by atoms with Crippen LogP contribution in [-0.4, -0.2) is 10.8 Å². The van der Waals surface area contributed by atoms with E-state index in [0.717, 1.165) is 17.5 Å². The van der Waals surface area contributed by atoms with Crippen LogP contribution in [0.2, 0.25) is 4.34 Å². The molecule has 0 saturated carbocycles. The molecule has 0 aliphatic heterocycles. The molecule has 8 heteroatoms. The van der Waals surface area contributed by atoms with Crippen LogP contribution in [-0.2, 0) is 6.18 Å². The maximum Gasteiger partial charge on any atom is 0.443 e. The fraction of sp³-hybridized carbons (Fsp3) is 0.111. The van der Waals surface area contributed by atoms with Crippen molar-refractivity contribution in [1.29, 1.82) is 0 Å². The van der Waals surface area contributed by atoms with Crippen LogP contribution in [0.15, 0.2) is 18.3 Å². The zero-order chi connectivity index (χ0) is 12.6. The molecule has 17 heavy (non-hydrogen) atoms. The Balaban J connectivity index is 2.30. The van der Waals surface area contributed by atoms with Crippen molar-refractivity contribution in [3.8, 4) is 0 Å². The summed E-state index contributed by atoms with van der Waals surface area (Å²) in [7, 11) is 0. The number of alkyl halides is 3. The smallest absolute Gasteiger partial charge is 0.287 e. The molecule has 0 spiro atoms. The van der Waals surface area contributed by atoms with Crippen LogP contribution in [0.1, 0.15) is 19.6 Å². The summed E-state index contributed by atoms with van der Waals surface area (Å²) < 4.78 is 37.3. The Hall–Kier alpha value is -0.920. The van der Waals surface area contributed by atoms with Crippen molar-refractivity contribution in [3.63, 3.8) is 0 Å². The number of carbonyl (C=O) groups excluding carboxylic acids is 1. The van der Waals surface area contributed by atoms with E-state index in [4.69, 9.17) is 11.6 Å². The number of nitrogens with zero attached hydrogens (tertiary/aromatic N) is 1. The Morgan fingerprint density at radius 3 is 2.41 bits per heavy atom. The summed E-state index contributed by atoms with van der Waals surface area (Å²) in [4.78, 5) is 15.2. The van der Waals surface area contributed by atoms with Gasteiger partial charge in [0.15, 0.2) is 5.01 Å². The van der Waals surface area contributed by atoms with E-state index >= 15 is 0 Å². The van der Waals surface area contributed by atoms with Crippen molar-refractivity contribution in [2.24, 2.45) is 0 Å².